The summed E-state index contributed by atoms with van der Waals surface area (Å²) in [5.74, 6) is -5.26. The first-order chi connectivity index (χ1) is 9.81. The molecule has 0 amide bonds. The summed E-state index contributed by atoms with van der Waals surface area (Å²) in [6.07, 6.45) is 0.406. The van der Waals surface area contributed by atoms with Gasteiger partial charge in [-0.3, -0.25) is 0 Å². The second kappa shape index (κ2) is 5.85. The number of aromatic carboxylic acids is 1. The van der Waals surface area contributed by atoms with Crippen LogP contribution in [-0.2, 0) is 6.42 Å². The molecule has 7 heteroatoms. The molecule has 1 aromatic heterocycles. The van der Waals surface area contributed by atoms with E-state index in [1.54, 1.807) is 0 Å². The molecule has 2 rings (SSSR count). The normalized spacial score (nSPS) is 11.1. The van der Waals surface area contributed by atoms with Crippen LogP contribution in [-0.4, -0.2) is 16.1 Å². The van der Waals surface area contributed by atoms with Crippen molar-refractivity contribution >= 4 is 17.3 Å². The van der Waals surface area contributed by atoms with E-state index < -0.39 is 23.4 Å². The molecule has 0 fully saturated rings. The molecule has 0 aliphatic heterocycles. The van der Waals surface area contributed by atoms with Crippen molar-refractivity contribution in [1.29, 1.82) is 0 Å². The fraction of sp³-hybridized carbons (Fsp3) is 0.286. The lowest BCUT2D eigenvalue weighted by Gasteiger charge is -2.02. The molecule has 0 aliphatic rings. The number of thiazole rings is 1. The van der Waals surface area contributed by atoms with Gasteiger partial charge in [0.25, 0.3) is 0 Å². The van der Waals surface area contributed by atoms with Crippen LogP contribution < -0.4 is 0 Å². The molecule has 0 saturated heterocycles. The van der Waals surface area contributed by atoms with Crippen LogP contribution in [0.4, 0.5) is 13.2 Å². The predicted octanol–water partition coefficient (Wildman–Crippen LogP) is 4.12. The smallest absolute Gasteiger partial charge is 0.347 e. The highest BCUT2D eigenvalue weighted by Crippen LogP contribution is 2.32. The number of carboxylic acid groups (broad SMARTS) is 1. The molecule has 0 saturated carbocycles. The molecule has 0 unspecified atom stereocenters. The van der Waals surface area contributed by atoms with Crippen molar-refractivity contribution in [2.45, 2.75) is 20.3 Å². The first-order valence-corrected chi connectivity index (χ1v) is 6.99. The van der Waals surface area contributed by atoms with E-state index in [1.807, 2.05) is 13.8 Å². The van der Waals surface area contributed by atoms with Crippen LogP contribution in [0.5, 0.6) is 0 Å². The number of carbonyl (C=O) groups is 1. The summed E-state index contributed by atoms with van der Waals surface area (Å²) in [5, 5.41) is 9.18. The minimum atomic E-state index is -1.59. The van der Waals surface area contributed by atoms with E-state index in [1.165, 1.54) is 0 Å². The molecular weight excluding hydrogens is 303 g/mol. The highest BCUT2D eigenvalue weighted by molar-refractivity contribution is 7.17. The van der Waals surface area contributed by atoms with Gasteiger partial charge in [-0.05, 0) is 24.5 Å². The van der Waals surface area contributed by atoms with Gasteiger partial charge in [0.05, 0.1) is 5.69 Å². The minimum Gasteiger partial charge on any atom is -0.477 e. The lowest BCUT2D eigenvalue weighted by Crippen LogP contribution is -2.02. The maximum atomic E-state index is 13.8. The van der Waals surface area contributed by atoms with Gasteiger partial charge in [0.2, 0.25) is 0 Å². The summed E-state index contributed by atoms with van der Waals surface area (Å²) in [7, 11) is 0. The Labute approximate surface area is 123 Å². The molecule has 21 heavy (non-hydrogen) atoms. The fourth-order valence-corrected chi connectivity index (χ4v) is 2.80. The second-order valence-corrected chi connectivity index (χ2v) is 5.92. The zero-order valence-electron chi connectivity index (χ0n) is 11.3. The van der Waals surface area contributed by atoms with E-state index in [2.05, 4.69) is 4.98 Å². The van der Waals surface area contributed by atoms with E-state index in [0.29, 0.717) is 12.1 Å². The third kappa shape index (κ3) is 3.07. The zero-order chi connectivity index (χ0) is 15.7. The maximum absolute atomic E-state index is 13.8. The molecule has 0 spiro atoms. The number of hydrogen-bond donors (Lipinski definition) is 1. The largest absolute Gasteiger partial charge is 0.477 e. The van der Waals surface area contributed by atoms with Crippen molar-refractivity contribution in [3.8, 4) is 10.6 Å². The summed E-state index contributed by atoms with van der Waals surface area (Å²) in [5.41, 5.74) is 0.0815. The summed E-state index contributed by atoms with van der Waals surface area (Å²) in [4.78, 5) is 15.3. The zero-order valence-corrected chi connectivity index (χ0v) is 12.1. The monoisotopic (exact) mass is 315 g/mol. The molecule has 1 aromatic carbocycles. The van der Waals surface area contributed by atoms with Gasteiger partial charge < -0.3 is 5.11 Å². The highest BCUT2D eigenvalue weighted by Gasteiger charge is 2.22. The van der Waals surface area contributed by atoms with E-state index in [-0.39, 0.29) is 21.4 Å². The van der Waals surface area contributed by atoms with E-state index in [9.17, 15) is 18.0 Å². The van der Waals surface area contributed by atoms with Crippen LogP contribution in [0.3, 0.4) is 0 Å². The van der Waals surface area contributed by atoms with Crippen molar-refractivity contribution in [2.75, 3.05) is 0 Å². The van der Waals surface area contributed by atoms with Crippen LogP contribution in [0, 0.1) is 23.4 Å². The Kier molecular flexibility index (Phi) is 4.32. The van der Waals surface area contributed by atoms with Crippen LogP contribution in [0.2, 0.25) is 0 Å². The molecule has 1 N–H and O–H groups in total. The molecule has 1 heterocycles. The average Bonchev–Trinajstić information content (AvgIpc) is 2.79. The summed E-state index contributed by atoms with van der Waals surface area (Å²) in [6.45, 7) is 3.78. The second-order valence-electron chi connectivity index (χ2n) is 4.92. The molecule has 112 valence electrons. The highest BCUT2D eigenvalue weighted by atomic mass is 32.1. The molecule has 0 atom stereocenters. The summed E-state index contributed by atoms with van der Waals surface area (Å²) in [6, 6.07) is 1.84. The van der Waals surface area contributed by atoms with Crippen molar-refractivity contribution in [2.24, 2.45) is 5.92 Å². The number of nitrogens with zero attached hydrogens (tertiary/aromatic N) is 1. The Bertz CT molecular complexity index is 698. The average molecular weight is 315 g/mol. The quantitative estimate of drug-likeness (QED) is 0.863. The molecular formula is C14H12F3NO2S. The molecule has 0 bridgehead atoms. The number of rotatable bonds is 4. The van der Waals surface area contributed by atoms with Crippen LogP contribution in [0.15, 0.2) is 12.1 Å². The number of carboxylic acids is 1. The first kappa shape index (κ1) is 15.5. The van der Waals surface area contributed by atoms with E-state index in [4.69, 9.17) is 5.11 Å². The number of benzene rings is 1. The Morgan fingerprint density at radius 3 is 2.52 bits per heavy atom. The standard InChI is InChI=1S/C14H12F3NO2S/c1-6(2)5-9-12(14(19)20)21-13(18-9)7-3-4-8(15)11(17)10(7)16/h3-4,6H,5H2,1-2H3,(H,19,20). The Hall–Kier alpha value is -1.89. The molecule has 3 nitrogen and oxygen atoms in total. The fourth-order valence-electron chi connectivity index (χ4n) is 1.85. The van der Waals surface area contributed by atoms with Gasteiger partial charge in [-0.1, -0.05) is 13.8 Å². The number of hydrogen-bond acceptors (Lipinski definition) is 3. The van der Waals surface area contributed by atoms with Crippen molar-refractivity contribution < 1.29 is 23.1 Å². The van der Waals surface area contributed by atoms with Gasteiger partial charge in [0.1, 0.15) is 9.88 Å². The molecule has 2 aromatic rings. The van der Waals surface area contributed by atoms with Crippen molar-refractivity contribution in [3.63, 3.8) is 0 Å². The Morgan fingerprint density at radius 1 is 1.29 bits per heavy atom. The van der Waals surface area contributed by atoms with Crippen molar-refractivity contribution in [1.82, 2.24) is 4.98 Å². The lowest BCUT2D eigenvalue weighted by atomic mass is 10.1. The van der Waals surface area contributed by atoms with Crippen molar-refractivity contribution in [3.05, 3.63) is 40.2 Å². The maximum Gasteiger partial charge on any atom is 0.347 e. The van der Waals surface area contributed by atoms with Crippen LogP contribution >= 0.6 is 11.3 Å². The third-order valence-corrected chi connectivity index (χ3v) is 3.88. The molecule has 0 aliphatic carbocycles. The SMILES string of the molecule is CC(C)Cc1nc(-c2ccc(F)c(F)c2F)sc1C(=O)O. The Balaban J connectivity index is 2.55. The number of halogens is 3. The van der Waals surface area contributed by atoms with Gasteiger partial charge in [0, 0.05) is 5.56 Å². The predicted molar refractivity (Wildman–Crippen MR) is 72.9 cm³/mol. The van der Waals surface area contributed by atoms with Gasteiger partial charge in [0.15, 0.2) is 17.5 Å². The van der Waals surface area contributed by atoms with Crippen LogP contribution in [0.1, 0.15) is 29.2 Å². The summed E-state index contributed by atoms with van der Waals surface area (Å²) >= 11 is 0.752. The van der Waals surface area contributed by atoms with Gasteiger partial charge in [-0.15, -0.1) is 11.3 Å². The van der Waals surface area contributed by atoms with E-state index >= 15 is 0 Å². The topological polar surface area (TPSA) is 50.2 Å². The lowest BCUT2D eigenvalue weighted by molar-refractivity contribution is 0.0700. The third-order valence-electron chi connectivity index (χ3n) is 2.76. The van der Waals surface area contributed by atoms with Gasteiger partial charge in [-0.2, -0.15) is 0 Å². The molecule has 0 radical (unpaired) electrons. The van der Waals surface area contributed by atoms with E-state index in [0.717, 1.165) is 23.5 Å². The van der Waals surface area contributed by atoms with Gasteiger partial charge >= 0.3 is 5.97 Å². The first-order valence-electron chi connectivity index (χ1n) is 6.18. The number of aromatic nitrogens is 1. The minimum absolute atomic E-state index is 0.0113. The Morgan fingerprint density at radius 2 is 1.95 bits per heavy atom. The van der Waals surface area contributed by atoms with Gasteiger partial charge in [-0.25, -0.2) is 22.9 Å². The van der Waals surface area contributed by atoms with Crippen LogP contribution in [0.25, 0.3) is 10.6 Å². The summed E-state index contributed by atoms with van der Waals surface area (Å²) < 4.78 is 40.0.